The number of halogens is 1. The Morgan fingerprint density at radius 1 is 1.06 bits per heavy atom. The minimum absolute atomic E-state index is 0.212. The van der Waals surface area contributed by atoms with Gasteiger partial charge in [0.25, 0.3) is 0 Å². The van der Waals surface area contributed by atoms with Crippen molar-refractivity contribution in [3.05, 3.63) is 0 Å². The quantitative estimate of drug-likeness (QED) is 0.532. The normalized spacial score (nSPS) is 33.3. The first kappa shape index (κ1) is 14.8. The van der Waals surface area contributed by atoms with Gasteiger partial charge >= 0.3 is 0 Å². The highest BCUT2D eigenvalue weighted by Crippen LogP contribution is 2.34. The Kier molecular flexibility index (Phi) is 6.42. The van der Waals surface area contributed by atoms with Crippen molar-refractivity contribution in [3.63, 3.8) is 0 Å². The first-order valence-corrected chi connectivity index (χ1v) is 8.09. The fraction of sp³-hybridized carbons (Fsp3) is 1.00. The third-order valence-corrected chi connectivity index (χ3v) is 4.94. The zero-order chi connectivity index (χ0) is 12.8. The van der Waals surface area contributed by atoms with Crippen LogP contribution >= 0.6 is 15.9 Å². The van der Waals surface area contributed by atoms with Crippen molar-refractivity contribution in [1.29, 1.82) is 0 Å². The van der Waals surface area contributed by atoms with Gasteiger partial charge in [-0.3, -0.25) is 0 Å². The van der Waals surface area contributed by atoms with Gasteiger partial charge in [-0.15, -0.1) is 0 Å². The van der Waals surface area contributed by atoms with E-state index in [-0.39, 0.29) is 12.2 Å². The average molecular weight is 321 g/mol. The number of rotatable bonds is 7. The predicted molar refractivity (Wildman–Crippen MR) is 75.3 cm³/mol. The van der Waals surface area contributed by atoms with Gasteiger partial charge in [0.1, 0.15) is 0 Å². The summed E-state index contributed by atoms with van der Waals surface area (Å²) in [5.74, 6) is 0.785. The third-order valence-electron chi connectivity index (χ3n) is 4.05. The molecule has 0 bridgehead atoms. The fourth-order valence-corrected chi connectivity index (χ4v) is 3.64. The lowest BCUT2D eigenvalue weighted by Gasteiger charge is -2.41. The van der Waals surface area contributed by atoms with Gasteiger partial charge in [0.05, 0.1) is 25.4 Å². The molecule has 3 nitrogen and oxygen atoms in total. The van der Waals surface area contributed by atoms with Crippen molar-refractivity contribution in [2.45, 2.75) is 55.6 Å². The van der Waals surface area contributed by atoms with Gasteiger partial charge in [-0.2, -0.15) is 0 Å². The molecule has 2 aliphatic rings. The molecular formula is C14H25BrO3. The molecule has 0 radical (unpaired) electrons. The highest BCUT2D eigenvalue weighted by atomic mass is 79.9. The van der Waals surface area contributed by atoms with Crippen molar-refractivity contribution < 1.29 is 14.2 Å². The predicted octanol–water partition coefficient (Wildman–Crippen LogP) is 3.15. The summed E-state index contributed by atoms with van der Waals surface area (Å²) in [5.41, 5.74) is 0. The van der Waals surface area contributed by atoms with Crippen LogP contribution < -0.4 is 0 Å². The van der Waals surface area contributed by atoms with Gasteiger partial charge in [0, 0.05) is 18.5 Å². The van der Waals surface area contributed by atoms with E-state index in [0.717, 1.165) is 18.9 Å². The molecule has 18 heavy (non-hydrogen) atoms. The monoisotopic (exact) mass is 320 g/mol. The molecule has 0 aliphatic heterocycles. The Morgan fingerprint density at radius 3 is 2.50 bits per heavy atom. The molecule has 0 heterocycles. The van der Waals surface area contributed by atoms with Gasteiger partial charge in [-0.1, -0.05) is 35.2 Å². The van der Waals surface area contributed by atoms with Crippen molar-refractivity contribution in [2.75, 3.05) is 26.9 Å². The van der Waals surface area contributed by atoms with Crippen LogP contribution in [0.2, 0.25) is 0 Å². The molecule has 0 saturated heterocycles. The van der Waals surface area contributed by atoms with Crippen molar-refractivity contribution >= 4 is 15.9 Å². The van der Waals surface area contributed by atoms with Crippen LogP contribution in [0.3, 0.4) is 0 Å². The topological polar surface area (TPSA) is 27.7 Å². The van der Waals surface area contributed by atoms with Crippen molar-refractivity contribution in [3.8, 4) is 0 Å². The van der Waals surface area contributed by atoms with Crippen LogP contribution in [0.5, 0.6) is 0 Å². The summed E-state index contributed by atoms with van der Waals surface area (Å²) in [5, 5.41) is 0. The number of ether oxygens (including phenoxy) is 3. The Hall–Kier alpha value is 0.360. The second-order valence-corrected chi connectivity index (χ2v) is 6.63. The Morgan fingerprint density at radius 2 is 1.83 bits per heavy atom. The smallest absolute Gasteiger partial charge is 0.0963 e. The summed E-state index contributed by atoms with van der Waals surface area (Å²) in [6.45, 7) is 2.24. The largest absolute Gasteiger partial charge is 0.382 e. The molecule has 0 N–H and O–H groups in total. The summed E-state index contributed by atoms with van der Waals surface area (Å²) in [7, 11) is 1.70. The Balaban J connectivity index is 1.62. The molecule has 0 aromatic carbocycles. The van der Waals surface area contributed by atoms with Crippen LogP contribution in [-0.4, -0.2) is 44.0 Å². The molecular weight excluding hydrogens is 296 g/mol. The summed E-state index contributed by atoms with van der Waals surface area (Å²) in [6, 6.07) is 0. The van der Waals surface area contributed by atoms with Crippen LogP contribution in [0.15, 0.2) is 0 Å². The van der Waals surface area contributed by atoms with E-state index >= 15 is 0 Å². The van der Waals surface area contributed by atoms with Crippen LogP contribution in [0, 0.1) is 5.92 Å². The molecule has 2 fully saturated rings. The standard InChI is InChI=1S/C14H25BrO3/c1-16-7-8-17-14-12(15)9-13(14)18-10-11-5-3-2-4-6-11/h11-14H,2-10H2,1H3. The molecule has 0 amide bonds. The zero-order valence-corrected chi connectivity index (χ0v) is 12.9. The molecule has 3 unspecified atom stereocenters. The number of methoxy groups -OCH3 is 1. The number of alkyl halides is 1. The fourth-order valence-electron chi connectivity index (χ4n) is 2.78. The minimum atomic E-state index is 0.212. The highest BCUT2D eigenvalue weighted by molar-refractivity contribution is 9.09. The van der Waals surface area contributed by atoms with Gasteiger partial charge in [-0.25, -0.2) is 0 Å². The first-order valence-electron chi connectivity index (χ1n) is 7.17. The van der Waals surface area contributed by atoms with E-state index < -0.39 is 0 Å². The summed E-state index contributed by atoms with van der Waals surface area (Å²) >= 11 is 3.64. The van der Waals surface area contributed by atoms with Crippen molar-refractivity contribution in [1.82, 2.24) is 0 Å². The van der Waals surface area contributed by atoms with Crippen LogP contribution in [0.1, 0.15) is 38.5 Å². The molecule has 0 aromatic rings. The van der Waals surface area contributed by atoms with E-state index in [1.54, 1.807) is 7.11 Å². The Labute approximate surface area is 119 Å². The Bertz CT molecular complexity index is 231. The van der Waals surface area contributed by atoms with E-state index in [2.05, 4.69) is 15.9 Å². The molecule has 0 aromatic heterocycles. The third kappa shape index (κ3) is 4.19. The SMILES string of the molecule is COCCOC1C(Br)CC1OCC1CCCCC1. The van der Waals surface area contributed by atoms with E-state index in [1.165, 1.54) is 32.1 Å². The van der Waals surface area contributed by atoms with E-state index in [1.807, 2.05) is 0 Å². The van der Waals surface area contributed by atoms with Crippen molar-refractivity contribution in [2.24, 2.45) is 5.92 Å². The number of hydrogen-bond acceptors (Lipinski definition) is 3. The maximum atomic E-state index is 6.04. The summed E-state index contributed by atoms with van der Waals surface area (Å²) < 4.78 is 16.8. The second-order valence-electron chi connectivity index (χ2n) is 5.46. The first-order chi connectivity index (χ1) is 8.81. The molecule has 2 aliphatic carbocycles. The lowest BCUT2D eigenvalue weighted by Crippen LogP contribution is -2.51. The lowest BCUT2D eigenvalue weighted by molar-refractivity contribution is -0.134. The maximum absolute atomic E-state index is 6.04. The molecule has 2 saturated carbocycles. The average Bonchev–Trinajstić information content (AvgIpc) is 2.40. The van der Waals surface area contributed by atoms with Gasteiger partial charge in [0.15, 0.2) is 0 Å². The number of hydrogen-bond donors (Lipinski definition) is 0. The molecule has 0 spiro atoms. The zero-order valence-electron chi connectivity index (χ0n) is 11.3. The minimum Gasteiger partial charge on any atom is -0.382 e. The van der Waals surface area contributed by atoms with Crippen LogP contribution in [-0.2, 0) is 14.2 Å². The van der Waals surface area contributed by atoms with Gasteiger partial charge in [-0.05, 0) is 25.2 Å². The lowest BCUT2D eigenvalue weighted by atomic mass is 9.88. The molecule has 3 atom stereocenters. The molecule has 106 valence electrons. The van der Waals surface area contributed by atoms with Crippen LogP contribution in [0.25, 0.3) is 0 Å². The van der Waals surface area contributed by atoms with E-state index in [4.69, 9.17) is 14.2 Å². The highest BCUT2D eigenvalue weighted by Gasteiger charge is 2.41. The maximum Gasteiger partial charge on any atom is 0.0963 e. The summed E-state index contributed by atoms with van der Waals surface area (Å²) in [6.07, 6.45) is 8.44. The summed E-state index contributed by atoms with van der Waals surface area (Å²) in [4.78, 5) is 0.450. The van der Waals surface area contributed by atoms with Gasteiger partial charge < -0.3 is 14.2 Å². The molecule has 2 rings (SSSR count). The van der Waals surface area contributed by atoms with E-state index in [0.29, 0.717) is 18.0 Å². The molecule has 4 heteroatoms. The van der Waals surface area contributed by atoms with Crippen LogP contribution in [0.4, 0.5) is 0 Å². The second kappa shape index (κ2) is 7.83. The van der Waals surface area contributed by atoms with Gasteiger partial charge in [0.2, 0.25) is 0 Å². The van der Waals surface area contributed by atoms with E-state index in [9.17, 15) is 0 Å².